The molecule has 84 valence electrons. The third-order valence-corrected chi connectivity index (χ3v) is 2.16. The van der Waals surface area contributed by atoms with E-state index in [1.807, 2.05) is 25.4 Å². The zero-order chi connectivity index (χ0) is 11.4. The summed E-state index contributed by atoms with van der Waals surface area (Å²) in [4.78, 5) is 10.3. The highest BCUT2D eigenvalue weighted by molar-refractivity contribution is 5.08. The highest BCUT2D eigenvalue weighted by Gasteiger charge is 2.06. The normalized spacial score (nSPS) is 10.9. The predicted octanol–water partition coefficient (Wildman–Crippen LogP) is 1.41. The molecule has 0 aliphatic carbocycles. The molecule has 0 atom stereocenters. The minimum absolute atomic E-state index is 0.602. The van der Waals surface area contributed by atoms with Crippen LogP contribution < -0.4 is 0 Å². The average Bonchev–Trinajstić information content (AvgIpc) is 2.65. The molecule has 0 N–H and O–H groups in total. The largest absolute Gasteiger partial charge is 0.340 e. The van der Waals surface area contributed by atoms with Crippen LogP contribution in [-0.2, 0) is 13.1 Å². The molecule has 2 heterocycles. The van der Waals surface area contributed by atoms with Crippen molar-refractivity contribution in [1.82, 2.24) is 20.0 Å². The molecule has 16 heavy (non-hydrogen) atoms. The second kappa shape index (κ2) is 4.85. The summed E-state index contributed by atoms with van der Waals surface area (Å²) in [6.45, 7) is 3.28. The van der Waals surface area contributed by atoms with Crippen molar-refractivity contribution in [3.63, 3.8) is 0 Å². The summed E-state index contributed by atoms with van der Waals surface area (Å²) in [6, 6.07) is 3.98. The molecule has 0 aliphatic heterocycles. The first-order valence-corrected chi connectivity index (χ1v) is 5.10. The summed E-state index contributed by atoms with van der Waals surface area (Å²) >= 11 is 0. The molecule has 0 saturated carbocycles. The molecule has 0 bridgehead atoms. The molecule has 5 nitrogen and oxygen atoms in total. The Bertz CT molecular complexity index is 440. The summed E-state index contributed by atoms with van der Waals surface area (Å²) in [7, 11) is 2.01. The van der Waals surface area contributed by atoms with E-state index in [4.69, 9.17) is 4.52 Å². The van der Waals surface area contributed by atoms with Gasteiger partial charge in [0, 0.05) is 25.9 Å². The van der Waals surface area contributed by atoms with Crippen LogP contribution >= 0.6 is 0 Å². The standard InChI is InChI=1S/C11H14N4O/c1-9-13-11(14-16-9)8-15(2)7-10-4-3-5-12-6-10/h3-6H,7-8H2,1-2H3. The lowest BCUT2D eigenvalue weighted by Gasteiger charge is -2.13. The minimum atomic E-state index is 0.602. The Morgan fingerprint density at radius 2 is 2.25 bits per heavy atom. The zero-order valence-corrected chi connectivity index (χ0v) is 9.42. The van der Waals surface area contributed by atoms with Crippen molar-refractivity contribution < 1.29 is 4.52 Å². The molecule has 0 spiro atoms. The molecular weight excluding hydrogens is 204 g/mol. The Morgan fingerprint density at radius 1 is 1.38 bits per heavy atom. The van der Waals surface area contributed by atoms with Gasteiger partial charge in [0.05, 0.1) is 6.54 Å². The van der Waals surface area contributed by atoms with E-state index in [0.29, 0.717) is 18.3 Å². The van der Waals surface area contributed by atoms with Gasteiger partial charge in [-0.1, -0.05) is 11.2 Å². The second-order valence-electron chi connectivity index (χ2n) is 3.76. The third kappa shape index (κ3) is 2.87. The van der Waals surface area contributed by atoms with Gasteiger partial charge in [-0.15, -0.1) is 0 Å². The van der Waals surface area contributed by atoms with Gasteiger partial charge >= 0.3 is 0 Å². The molecule has 0 saturated heterocycles. The molecule has 0 amide bonds. The Morgan fingerprint density at radius 3 is 2.88 bits per heavy atom. The van der Waals surface area contributed by atoms with Gasteiger partial charge < -0.3 is 4.52 Å². The van der Waals surface area contributed by atoms with Crippen LogP contribution in [0.25, 0.3) is 0 Å². The van der Waals surface area contributed by atoms with Crippen molar-refractivity contribution in [2.45, 2.75) is 20.0 Å². The quantitative estimate of drug-likeness (QED) is 0.776. The lowest BCUT2D eigenvalue weighted by molar-refractivity contribution is 0.300. The molecule has 5 heteroatoms. The molecular formula is C11H14N4O. The summed E-state index contributed by atoms with van der Waals surface area (Å²) < 4.78 is 4.92. The van der Waals surface area contributed by atoms with E-state index in [-0.39, 0.29) is 0 Å². The molecule has 2 rings (SSSR count). The van der Waals surface area contributed by atoms with Gasteiger partial charge in [-0.3, -0.25) is 9.88 Å². The Labute approximate surface area is 94.1 Å². The van der Waals surface area contributed by atoms with Crippen molar-refractivity contribution >= 4 is 0 Å². The number of rotatable bonds is 4. The smallest absolute Gasteiger partial charge is 0.223 e. The Balaban J connectivity index is 1.92. The van der Waals surface area contributed by atoms with Gasteiger partial charge in [0.1, 0.15) is 0 Å². The maximum absolute atomic E-state index is 4.92. The fourth-order valence-corrected chi connectivity index (χ4v) is 1.51. The molecule has 2 aromatic rings. The van der Waals surface area contributed by atoms with Crippen LogP contribution in [0.5, 0.6) is 0 Å². The van der Waals surface area contributed by atoms with Crippen LogP contribution in [0, 0.1) is 6.92 Å². The fourth-order valence-electron chi connectivity index (χ4n) is 1.51. The monoisotopic (exact) mass is 218 g/mol. The van der Waals surface area contributed by atoms with Crippen molar-refractivity contribution in [3.05, 3.63) is 41.8 Å². The van der Waals surface area contributed by atoms with Crippen molar-refractivity contribution in [2.24, 2.45) is 0 Å². The van der Waals surface area contributed by atoms with Gasteiger partial charge in [0.2, 0.25) is 5.89 Å². The highest BCUT2D eigenvalue weighted by atomic mass is 16.5. The Hall–Kier alpha value is -1.75. The molecule has 0 radical (unpaired) electrons. The number of aryl methyl sites for hydroxylation is 1. The number of nitrogens with zero attached hydrogens (tertiary/aromatic N) is 4. The van der Waals surface area contributed by atoms with Gasteiger partial charge in [0.15, 0.2) is 5.82 Å². The number of pyridine rings is 1. The van der Waals surface area contributed by atoms with E-state index in [0.717, 1.165) is 6.54 Å². The first kappa shape index (κ1) is 10.8. The van der Waals surface area contributed by atoms with Gasteiger partial charge in [-0.2, -0.15) is 4.98 Å². The molecule has 2 aromatic heterocycles. The third-order valence-electron chi connectivity index (χ3n) is 2.16. The van der Waals surface area contributed by atoms with Crippen molar-refractivity contribution in [3.8, 4) is 0 Å². The van der Waals surface area contributed by atoms with E-state index in [9.17, 15) is 0 Å². The topological polar surface area (TPSA) is 55.1 Å². The summed E-state index contributed by atoms with van der Waals surface area (Å²) in [6.07, 6.45) is 3.63. The van der Waals surface area contributed by atoms with Gasteiger partial charge in [-0.25, -0.2) is 0 Å². The van der Waals surface area contributed by atoms with Crippen LogP contribution in [0.1, 0.15) is 17.3 Å². The van der Waals surface area contributed by atoms with E-state index < -0.39 is 0 Å². The maximum atomic E-state index is 4.92. The van der Waals surface area contributed by atoms with E-state index in [1.165, 1.54) is 5.56 Å². The number of aromatic nitrogens is 3. The fraction of sp³-hybridized carbons (Fsp3) is 0.364. The van der Waals surface area contributed by atoms with Crippen LogP contribution in [-0.4, -0.2) is 27.1 Å². The van der Waals surface area contributed by atoms with E-state index in [1.54, 1.807) is 13.1 Å². The summed E-state index contributed by atoms with van der Waals surface area (Å²) in [5.41, 5.74) is 1.17. The molecule has 0 unspecified atom stereocenters. The summed E-state index contributed by atoms with van der Waals surface area (Å²) in [5, 5.41) is 3.85. The minimum Gasteiger partial charge on any atom is -0.340 e. The summed E-state index contributed by atoms with van der Waals surface area (Å²) in [5.74, 6) is 1.31. The van der Waals surface area contributed by atoms with Crippen LogP contribution in [0.4, 0.5) is 0 Å². The van der Waals surface area contributed by atoms with Crippen molar-refractivity contribution in [2.75, 3.05) is 7.05 Å². The van der Waals surface area contributed by atoms with E-state index >= 15 is 0 Å². The zero-order valence-electron chi connectivity index (χ0n) is 9.42. The lowest BCUT2D eigenvalue weighted by Crippen LogP contribution is -2.18. The van der Waals surface area contributed by atoms with E-state index in [2.05, 4.69) is 20.0 Å². The average molecular weight is 218 g/mol. The predicted molar refractivity (Wildman–Crippen MR) is 58.4 cm³/mol. The highest BCUT2D eigenvalue weighted by Crippen LogP contribution is 2.04. The van der Waals surface area contributed by atoms with Crippen LogP contribution in [0.3, 0.4) is 0 Å². The number of hydrogen-bond acceptors (Lipinski definition) is 5. The second-order valence-corrected chi connectivity index (χ2v) is 3.76. The first-order valence-electron chi connectivity index (χ1n) is 5.10. The van der Waals surface area contributed by atoms with Crippen molar-refractivity contribution in [1.29, 1.82) is 0 Å². The van der Waals surface area contributed by atoms with Crippen LogP contribution in [0.15, 0.2) is 29.0 Å². The molecule has 0 aliphatic rings. The van der Waals surface area contributed by atoms with Gasteiger partial charge in [0.25, 0.3) is 0 Å². The van der Waals surface area contributed by atoms with Crippen LogP contribution in [0.2, 0.25) is 0 Å². The Kier molecular flexibility index (Phi) is 3.26. The first-order chi connectivity index (χ1) is 7.74. The SMILES string of the molecule is Cc1nc(CN(C)Cc2cccnc2)no1. The maximum Gasteiger partial charge on any atom is 0.223 e. The van der Waals surface area contributed by atoms with Gasteiger partial charge in [-0.05, 0) is 18.7 Å². The number of hydrogen-bond donors (Lipinski definition) is 0. The lowest BCUT2D eigenvalue weighted by atomic mass is 10.3. The molecule has 0 fully saturated rings. The molecule has 0 aromatic carbocycles.